The molecule has 0 amide bonds. The molecular formula is C56H102NO7P. The van der Waals surface area contributed by atoms with Gasteiger partial charge in [-0.25, -0.2) is 0 Å². The van der Waals surface area contributed by atoms with Crippen LogP contribution in [-0.2, 0) is 27.9 Å². The predicted molar refractivity (Wildman–Crippen MR) is 277 cm³/mol. The summed E-state index contributed by atoms with van der Waals surface area (Å²) in [5.74, 6) is -0.340. The highest BCUT2D eigenvalue weighted by atomic mass is 31.2. The number of carbonyl (C=O) groups is 1. The number of hydrogen-bond acceptors (Lipinski definition) is 7. The molecule has 378 valence electrons. The van der Waals surface area contributed by atoms with E-state index in [0.717, 1.165) is 64.2 Å². The van der Waals surface area contributed by atoms with Crippen LogP contribution in [0.2, 0.25) is 0 Å². The van der Waals surface area contributed by atoms with Gasteiger partial charge in [0.1, 0.15) is 19.3 Å². The lowest BCUT2D eigenvalue weighted by molar-refractivity contribution is -0.870. The van der Waals surface area contributed by atoms with Crippen molar-refractivity contribution < 1.29 is 37.3 Å². The molecule has 0 aliphatic rings. The lowest BCUT2D eigenvalue weighted by atomic mass is 10.1. The quantitative estimate of drug-likeness (QED) is 0.0197. The summed E-state index contributed by atoms with van der Waals surface area (Å²) >= 11 is 0. The molecule has 0 radical (unpaired) electrons. The van der Waals surface area contributed by atoms with E-state index in [1.807, 2.05) is 21.1 Å². The van der Waals surface area contributed by atoms with Gasteiger partial charge in [0.2, 0.25) is 0 Å². The number of quaternary nitrogens is 1. The minimum atomic E-state index is -4.54. The van der Waals surface area contributed by atoms with Crippen LogP contribution in [0.1, 0.15) is 219 Å². The van der Waals surface area contributed by atoms with Crippen molar-refractivity contribution in [1.29, 1.82) is 0 Å². The normalized spacial score (nSPS) is 14.1. The Labute approximate surface area is 402 Å². The summed E-state index contributed by atoms with van der Waals surface area (Å²) in [5, 5.41) is 0. The van der Waals surface area contributed by atoms with Gasteiger partial charge in [-0.15, -0.1) is 0 Å². The van der Waals surface area contributed by atoms with Crippen molar-refractivity contribution in [2.24, 2.45) is 0 Å². The van der Waals surface area contributed by atoms with Crippen molar-refractivity contribution in [2.45, 2.75) is 225 Å². The van der Waals surface area contributed by atoms with Gasteiger partial charge in [0.25, 0.3) is 7.82 Å². The van der Waals surface area contributed by atoms with Gasteiger partial charge in [-0.2, -0.15) is 0 Å². The summed E-state index contributed by atoms with van der Waals surface area (Å²) < 4.78 is 34.8. The molecule has 2 atom stereocenters. The third kappa shape index (κ3) is 52.8. The molecule has 0 aliphatic heterocycles. The first-order valence-electron chi connectivity index (χ1n) is 26.7. The van der Waals surface area contributed by atoms with E-state index in [9.17, 15) is 14.3 Å². The Balaban J connectivity index is 4.13. The number of ether oxygens (including phenoxy) is 2. The van der Waals surface area contributed by atoms with E-state index < -0.39 is 13.9 Å². The van der Waals surface area contributed by atoms with E-state index in [4.69, 9.17) is 18.5 Å². The maximum absolute atomic E-state index is 12.8. The van der Waals surface area contributed by atoms with Gasteiger partial charge in [-0.3, -0.25) is 9.36 Å². The van der Waals surface area contributed by atoms with Crippen LogP contribution in [0.25, 0.3) is 0 Å². The van der Waals surface area contributed by atoms with Crippen molar-refractivity contribution in [3.05, 3.63) is 72.9 Å². The molecule has 2 unspecified atom stereocenters. The number of nitrogens with zero attached hydrogens (tertiary/aromatic N) is 1. The Bertz CT molecular complexity index is 1270. The number of carbonyl (C=O) groups excluding carboxylic acids is 1. The number of allylic oxidation sites excluding steroid dienone is 12. The zero-order valence-corrected chi connectivity index (χ0v) is 43.8. The lowest BCUT2D eigenvalue weighted by Gasteiger charge is -2.28. The number of rotatable bonds is 49. The number of unbranched alkanes of at least 4 members (excludes halogenated alkanes) is 23. The molecule has 0 N–H and O–H groups in total. The van der Waals surface area contributed by atoms with Gasteiger partial charge < -0.3 is 27.9 Å². The summed E-state index contributed by atoms with van der Waals surface area (Å²) in [6.07, 6.45) is 63.5. The van der Waals surface area contributed by atoms with Crippen LogP contribution in [0.5, 0.6) is 0 Å². The molecule has 8 nitrogen and oxygen atoms in total. The Hall–Kier alpha value is -2.06. The zero-order valence-electron chi connectivity index (χ0n) is 42.9. The summed E-state index contributed by atoms with van der Waals surface area (Å²) in [5.41, 5.74) is 0. The van der Waals surface area contributed by atoms with Crippen LogP contribution in [0.15, 0.2) is 72.9 Å². The van der Waals surface area contributed by atoms with Crippen LogP contribution < -0.4 is 4.89 Å². The molecule has 0 saturated heterocycles. The Morgan fingerprint density at radius 3 is 1.34 bits per heavy atom. The second kappa shape index (κ2) is 48.4. The first kappa shape index (κ1) is 62.9. The number of phosphoric ester groups is 1. The number of likely N-dealkylation sites (N-methyl/N-ethyl adjacent to an activating group) is 1. The summed E-state index contributed by atoms with van der Waals surface area (Å²) in [6, 6.07) is 0. The molecule has 0 rings (SSSR count). The molecule has 0 fully saturated rings. The van der Waals surface area contributed by atoms with Gasteiger partial charge in [0, 0.05) is 13.0 Å². The first-order valence-corrected chi connectivity index (χ1v) is 28.1. The van der Waals surface area contributed by atoms with Crippen molar-refractivity contribution in [2.75, 3.05) is 54.1 Å². The molecular weight excluding hydrogens is 830 g/mol. The number of esters is 1. The fourth-order valence-electron chi connectivity index (χ4n) is 7.16. The second-order valence-electron chi connectivity index (χ2n) is 18.9. The predicted octanol–water partition coefficient (Wildman–Crippen LogP) is 16.0. The maximum atomic E-state index is 12.8. The van der Waals surface area contributed by atoms with Gasteiger partial charge in [-0.1, -0.05) is 202 Å². The number of phosphoric acid groups is 1. The highest BCUT2D eigenvalue weighted by Crippen LogP contribution is 2.38. The lowest BCUT2D eigenvalue weighted by Crippen LogP contribution is -2.37. The fourth-order valence-corrected chi connectivity index (χ4v) is 7.89. The van der Waals surface area contributed by atoms with Crippen molar-refractivity contribution in [3.63, 3.8) is 0 Å². The molecule has 0 aromatic rings. The monoisotopic (exact) mass is 932 g/mol. The topological polar surface area (TPSA) is 94.1 Å². The van der Waals surface area contributed by atoms with Crippen LogP contribution in [0.3, 0.4) is 0 Å². The van der Waals surface area contributed by atoms with Crippen LogP contribution >= 0.6 is 7.82 Å². The number of hydrogen-bond donors (Lipinski definition) is 0. The van der Waals surface area contributed by atoms with Crippen LogP contribution in [0, 0.1) is 0 Å². The van der Waals surface area contributed by atoms with Gasteiger partial charge >= 0.3 is 5.97 Å². The molecule has 0 aromatic heterocycles. The maximum Gasteiger partial charge on any atom is 0.306 e. The molecule has 0 bridgehead atoms. The Morgan fingerprint density at radius 2 is 0.892 bits per heavy atom. The SMILES string of the molecule is CC/C=C\C/C=C\C/C=C\C/C=C\CCCCCCCCCCCCCOCC(COP(=O)([O-])OCC[N+](C)(C)C)OC(=O)CCCCCCCCCCC/C=C\C/C=C\CCCCC. The fraction of sp³-hybridized carbons (Fsp3) is 0.768. The third-order valence-corrected chi connectivity index (χ3v) is 12.2. The highest BCUT2D eigenvalue weighted by molar-refractivity contribution is 7.45. The molecule has 0 aliphatic carbocycles. The largest absolute Gasteiger partial charge is 0.756 e. The van der Waals surface area contributed by atoms with Crippen molar-refractivity contribution in [1.82, 2.24) is 0 Å². The Morgan fingerprint density at radius 1 is 0.492 bits per heavy atom. The van der Waals surface area contributed by atoms with E-state index in [1.165, 1.54) is 135 Å². The van der Waals surface area contributed by atoms with Gasteiger partial charge in [0.15, 0.2) is 0 Å². The summed E-state index contributed by atoms with van der Waals surface area (Å²) in [6.45, 7) is 5.27. The van der Waals surface area contributed by atoms with Crippen molar-refractivity contribution in [3.8, 4) is 0 Å². The molecule has 0 heterocycles. The standard InChI is InChI=1S/C56H102NO7P/c1-6-8-10-12-14-16-18-20-22-24-26-27-28-29-30-32-34-36-38-40-42-44-46-48-51-61-53-55(54-63-65(59,60)62-52-50-57(3,4)5)64-56(58)49-47-45-43-41-39-37-35-33-31-25-23-21-19-17-15-13-11-9-7-2/h8,10,14-17,20-23,26-27,55H,6-7,9,11-13,18-19,24-25,28-54H2,1-5H3/b10-8-,16-14-,17-15-,22-20-,23-21-,27-26-. The first-order chi connectivity index (χ1) is 31.6. The van der Waals surface area contributed by atoms with Crippen LogP contribution in [-0.4, -0.2) is 70.7 Å². The van der Waals surface area contributed by atoms with Gasteiger partial charge in [0.05, 0.1) is 34.4 Å². The summed E-state index contributed by atoms with van der Waals surface area (Å²) in [4.78, 5) is 25.2. The molecule has 65 heavy (non-hydrogen) atoms. The smallest absolute Gasteiger partial charge is 0.306 e. The molecule has 0 spiro atoms. The van der Waals surface area contributed by atoms with Crippen molar-refractivity contribution >= 4 is 13.8 Å². The second-order valence-corrected chi connectivity index (χ2v) is 20.3. The molecule has 9 heteroatoms. The average molecular weight is 932 g/mol. The van der Waals surface area contributed by atoms with E-state index >= 15 is 0 Å². The Kier molecular flexibility index (Phi) is 46.9. The minimum absolute atomic E-state index is 0.0220. The third-order valence-electron chi connectivity index (χ3n) is 11.2. The van der Waals surface area contributed by atoms with E-state index in [-0.39, 0.29) is 25.8 Å². The summed E-state index contributed by atoms with van der Waals surface area (Å²) in [7, 11) is 1.35. The van der Waals surface area contributed by atoms with E-state index in [0.29, 0.717) is 24.1 Å². The average Bonchev–Trinajstić information content (AvgIpc) is 3.27. The van der Waals surface area contributed by atoms with Crippen LogP contribution in [0.4, 0.5) is 0 Å². The zero-order chi connectivity index (χ0) is 47.6. The molecule has 0 saturated carbocycles. The highest BCUT2D eigenvalue weighted by Gasteiger charge is 2.20. The minimum Gasteiger partial charge on any atom is -0.756 e. The van der Waals surface area contributed by atoms with E-state index in [2.05, 4.69) is 86.8 Å². The van der Waals surface area contributed by atoms with E-state index in [1.54, 1.807) is 0 Å². The molecule has 0 aromatic carbocycles. The van der Waals surface area contributed by atoms with Gasteiger partial charge in [-0.05, 0) is 83.5 Å².